The second-order valence-corrected chi connectivity index (χ2v) is 5.23. The van der Waals surface area contributed by atoms with Gasteiger partial charge < -0.3 is 10.3 Å². The van der Waals surface area contributed by atoms with E-state index in [1.165, 1.54) is 0 Å². The number of nitrogens with zero attached hydrogens (tertiary/aromatic N) is 2. The summed E-state index contributed by atoms with van der Waals surface area (Å²) < 4.78 is 6.26. The summed E-state index contributed by atoms with van der Waals surface area (Å²) in [5.74, 6) is 1.11. The predicted octanol–water partition coefficient (Wildman–Crippen LogP) is 3.61. The van der Waals surface area contributed by atoms with E-state index in [0.717, 1.165) is 28.4 Å². The van der Waals surface area contributed by atoms with E-state index in [9.17, 15) is 0 Å². The first kappa shape index (κ1) is 13.2. The SMILES string of the molecule is CCCC(N)c1nc(-c2ccc(Br)cc2C)no1. The predicted molar refractivity (Wildman–Crippen MR) is 74.0 cm³/mol. The topological polar surface area (TPSA) is 64.9 Å². The molecule has 1 unspecified atom stereocenters. The minimum atomic E-state index is -0.174. The summed E-state index contributed by atoms with van der Waals surface area (Å²) >= 11 is 3.43. The van der Waals surface area contributed by atoms with Gasteiger partial charge >= 0.3 is 0 Å². The van der Waals surface area contributed by atoms with Crippen LogP contribution >= 0.6 is 15.9 Å². The summed E-state index contributed by atoms with van der Waals surface area (Å²) in [7, 11) is 0. The maximum absolute atomic E-state index is 5.96. The Kier molecular flexibility index (Phi) is 4.14. The zero-order chi connectivity index (χ0) is 13.1. The number of hydrogen-bond acceptors (Lipinski definition) is 4. The summed E-state index contributed by atoms with van der Waals surface area (Å²) in [4.78, 5) is 4.37. The molecule has 18 heavy (non-hydrogen) atoms. The lowest BCUT2D eigenvalue weighted by Crippen LogP contribution is -2.09. The summed E-state index contributed by atoms with van der Waals surface area (Å²) in [5, 5.41) is 4.00. The van der Waals surface area contributed by atoms with Crippen LogP contribution in [0.3, 0.4) is 0 Å². The van der Waals surface area contributed by atoms with Crippen molar-refractivity contribution >= 4 is 15.9 Å². The second kappa shape index (κ2) is 5.63. The fourth-order valence-electron chi connectivity index (χ4n) is 1.81. The third-order valence-electron chi connectivity index (χ3n) is 2.79. The van der Waals surface area contributed by atoms with Gasteiger partial charge in [-0.25, -0.2) is 0 Å². The van der Waals surface area contributed by atoms with Crippen LogP contribution in [0, 0.1) is 6.92 Å². The molecule has 0 aliphatic rings. The molecule has 2 N–H and O–H groups in total. The molecule has 0 saturated heterocycles. The van der Waals surface area contributed by atoms with Gasteiger partial charge in [-0.05, 0) is 37.1 Å². The smallest absolute Gasteiger partial charge is 0.243 e. The Morgan fingerprint density at radius 3 is 2.89 bits per heavy atom. The molecule has 1 aromatic heterocycles. The first-order valence-corrected chi connectivity index (χ1v) is 6.76. The van der Waals surface area contributed by atoms with E-state index in [1.807, 2.05) is 25.1 Å². The quantitative estimate of drug-likeness (QED) is 0.937. The Morgan fingerprint density at radius 2 is 2.22 bits per heavy atom. The molecule has 0 bridgehead atoms. The molecule has 2 aromatic rings. The van der Waals surface area contributed by atoms with Crippen LogP contribution in [0.25, 0.3) is 11.4 Å². The Morgan fingerprint density at radius 1 is 1.44 bits per heavy atom. The molecule has 0 fully saturated rings. The van der Waals surface area contributed by atoms with Gasteiger partial charge in [0.25, 0.3) is 0 Å². The van der Waals surface area contributed by atoms with Crippen LogP contribution in [0.5, 0.6) is 0 Å². The highest BCUT2D eigenvalue weighted by Gasteiger charge is 2.15. The Hall–Kier alpha value is -1.20. The molecule has 1 atom stereocenters. The van der Waals surface area contributed by atoms with Gasteiger partial charge in [-0.1, -0.05) is 34.4 Å². The van der Waals surface area contributed by atoms with E-state index < -0.39 is 0 Å². The standard InChI is InChI=1S/C13H16BrN3O/c1-3-4-11(15)13-16-12(17-18-13)10-6-5-9(14)7-8(10)2/h5-7,11H,3-4,15H2,1-2H3. The van der Waals surface area contributed by atoms with Crippen molar-refractivity contribution in [3.8, 4) is 11.4 Å². The summed E-state index contributed by atoms with van der Waals surface area (Å²) in [6, 6.07) is 5.79. The minimum absolute atomic E-state index is 0.174. The highest BCUT2D eigenvalue weighted by Crippen LogP contribution is 2.25. The lowest BCUT2D eigenvalue weighted by Gasteiger charge is -2.03. The first-order valence-electron chi connectivity index (χ1n) is 5.97. The zero-order valence-electron chi connectivity index (χ0n) is 10.5. The normalized spacial score (nSPS) is 12.7. The van der Waals surface area contributed by atoms with Crippen molar-refractivity contribution in [1.29, 1.82) is 0 Å². The van der Waals surface area contributed by atoms with E-state index >= 15 is 0 Å². The molecule has 0 spiro atoms. The van der Waals surface area contributed by atoms with Crippen molar-refractivity contribution in [3.63, 3.8) is 0 Å². The lowest BCUT2D eigenvalue weighted by atomic mass is 10.1. The van der Waals surface area contributed by atoms with Crippen molar-refractivity contribution in [3.05, 3.63) is 34.1 Å². The zero-order valence-corrected chi connectivity index (χ0v) is 12.1. The monoisotopic (exact) mass is 309 g/mol. The van der Waals surface area contributed by atoms with Crippen LogP contribution in [0.15, 0.2) is 27.2 Å². The van der Waals surface area contributed by atoms with Crippen LogP contribution in [-0.4, -0.2) is 10.1 Å². The van der Waals surface area contributed by atoms with E-state index in [1.54, 1.807) is 0 Å². The number of rotatable bonds is 4. The maximum Gasteiger partial charge on any atom is 0.243 e. The van der Waals surface area contributed by atoms with Gasteiger partial charge in [-0.2, -0.15) is 4.98 Å². The van der Waals surface area contributed by atoms with Crippen LogP contribution in [0.2, 0.25) is 0 Å². The van der Waals surface area contributed by atoms with Gasteiger partial charge in [0.05, 0.1) is 6.04 Å². The summed E-state index contributed by atoms with van der Waals surface area (Å²) in [5.41, 5.74) is 8.02. The van der Waals surface area contributed by atoms with Crippen LogP contribution in [0.4, 0.5) is 0 Å². The number of halogens is 1. The first-order chi connectivity index (χ1) is 8.61. The van der Waals surface area contributed by atoms with E-state index in [2.05, 4.69) is 33.0 Å². The van der Waals surface area contributed by atoms with Crippen LogP contribution in [0.1, 0.15) is 37.3 Å². The Bertz CT molecular complexity index is 539. The molecule has 0 aliphatic heterocycles. The number of hydrogen-bond donors (Lipinski definition) is 1. The molecule has 96 valence electrons. The third-order valence-corrected chi connectivity index (χ3v) is 3.28. The summed E-state index contributed by atoms with van der Waals surface area (Å²) in [6.45, 7) is 4.10. The number of aryl methyl sites for hydroxylation is 1. The number of aromatic nitrogens is 2. The largest absolute Gasteiger partial charge is 0.337 e. The molecule has 1 heterocycles. The van der Waals surface area contributed by atoms with E-state index in [-0.39, 0.29) is 6.04 Å². The minimum Gasteiger partial charge on any atom is -0.337 e. The highest BCUT2D eigenvalue weighted by atomic mass is 79.9. The van der Waals surface area contributed by atoms with Crippen LogP contribution < -0.4 is 5.73 Å². The van der Waals surface area contributed by atoms with Crippen molar-refractivity contribution in [2.45, 2.75) is 32.7 Å². The molecule has 0 radical (unpaired) electrons. The molecule has 0 aliphatic carbocycles. The molecule has 0 saturated carbocycles. The van der Waals surface area contributed by atoms with Gasteiger partial charge in [-0.3, -0.25) is 0 Å². The fraction of sp³-hybridized carbons (Fsp3) is 0.385. The van der Waals surface area contributed by atoms with E-state index in [0.29, 0.717) is 11.7 Å². The van der Waals surface area contributed by atoms with Crippen molar-refractivity contribution in [2.75, 3.05) is 0 Å². The highest BCUT2D eigenvalue weighted by molar-refractivity contribution is 9.10. The van der Waals surface area contributed by atoms with Gasteiger partial charge in [0.15, 0.2) is 0 Å². The molecule has 1 aromatic carbocycles. The molecule has 0 amide bonds. The van der Waals surface area contributed by atoms with E-state index in [4.69, 9.17) is 10.3 Å². The maximum atomic E-state index is 5.96. The molecule has 2 rings (SSSR count). The molecular formula is C13H16BrN3O. The average molecular weight is 310 g/mol. The lowest BCUT2D eigenvalue weighted by molar-refractivity contribution is 0.348. The van der Waals surface area contributed by atoms with Crippen molar-refractivity contribution in [1.82, 2.24) is 10.1 Å². The van der Waals surface area contributed by atoms with Gasteiger partial charge in [0.1, 0.15) is 0 Å². The Labute approximate surface area is 115 Å². The van der Waals surface area contributed by atoms with Crippen molar-refractivity contribution in [2.24, 2.45) is 5.73 Å². The molecule has 5 heteroatoms. The molecule has 4 nitrogen and oxygen atoms in total. The van der Waals surface area contributed by atoms with Gasteiger partial charge in [0.2, 0.25) is 11.7 Å². The number of nitrogens with two attached hydrogens (primary N) is 1. The average Bonchev–Trinajstić information content (AvgIpc) is 2.78. The van der Waals surface area contributed by atoms with Crippen molar-refractivity contribution < 1.29 is 4.52 Å². The summed E-state index contributed by atoms with van der Waals surface area (Å²) in [6.07, 6.45) is 1.84. The molecular weight excluding hydrogens is 294 g/mol. The second-order valence-electron chi connectivity index (χ2n) is 4.31. The fourth-order valence-corrected chi connectivity index (χ4v) is 2.28. The number of benzene rings is 1. The Balaban J connectivity index is 2.29. The van der Waals surface area contributed by atoms with Gasteiger partial charge in [0, 0.05) is 10.0 Å². The van der Waals surface area contributed by atoms with Crippen LogP contribution in [-0.2, 0) is 0 Å². The van der Waals surface area contributed by atoms with Gasteiger partial charge in [-0.15, -0.1) is 0 Å². The third kappa shape index (κ3) is 2.79.